The quantitative estimate of drug-likeness (QED) is 0.757. The third-order valence-electron chi connectivity index (χ3n) is 5.78. The smallest absolute Gasteiger partial charge is 0.388 e. The molecule has 2 aliphatic rings. The lowest BCUT2D eigenvalue weighted by Crippen LogP contribution is -2.45. The number of alkyl halides is 3. The fourth-order valence-corrected chi connectivity index (χ4v) is 4.68. The maximum Gasteiger partial charge on any atom is 0.434 e. The maximum atomic E-state index is 13.5. The standard InChI is InChI=1S/C18H21F3N4O2/c1-9(15-11-2-3-12(15)8-22-7-11)23-14-6-10(16-24-25-17(26)27-16)4-5-13(14)18(19,20)21/h4-6,9,11-12,15,22-23H,2-3,7-8H2,1H3,(H,25,26)/t9-,11+,12+/m0/s1. The van der Waals surface area contributed by atoms with Gasteiger partial charge in [-0.2, -0.15) is 13.2 Å². The average molecular weight is 382 g/mol. The number of nitrogens with zero attached hydrogens (tertiary/aromatic N) is 1. The second-order valence-corrected chi connectivity index (χ2v) is 7.44. The molecule has 3 atom stereocenters. The molecule has 1 saturated heterocycles. The normalized spacial score (nSPS) is 26.1. The van der Waals surface area contributed by atoms with Crippen molar-refractivity contribution in [3.05, 3.63) is 34.3 Å². The molecule has 2 bridgehead atoms. The third kappa shape index (κ3) is 3.47. The van der Waals surface area contributed by atoms with Crippen molar-refractivity contribution in [3.63, 3.8) is 0 Å². The fourth-order valence-electron chi connectivity index (χ4n) is 4.68. The summed E-state index contributed by atoms with van der Waals surface area (Å²) in [5.41, 5.74) is -0.447. The summed E-state index contributed by atoms with van der Waals surface area (Å²) in [6, 6.07) is 3.50. The van der Waals surface area contributed by atoms with Crippen LogP contribution >= 0.6 is 0 Å². The summed E-state index contributed by atoms with van der Waals surface area (Å²) in [4.78, 5) is 11.2. The van der Waals surface area contributed by atoms with Crippen molar-refractivity contribution in [1.82, 2.24) is 15.5 Å². The molecule has 3 N–H and O–H groups in total. The van der Waals surface area contributed by atoms with Crippen LogP contribution in [0.4, 0.5) is 18.9 Å². The predicted octanol–water partition coefficient (Wildman–Crippen LogP) is 3.09. The molecular weight excluding hydrogens is 361 g/mol. The first-order chi connectivity index (χ1) is 12.8. The molecule has 2 aromatic rings. The average Bonchev–Trinajstić information content (AvgIpc) is 3.14. The van der Waals surface area contributed by atoms with Crippen LogP contribution in [-0.2, 0) is 6.18 Å². The number of H-pyrrole nitrogens is 1. The van der Waals surface area contributed by atoms with E-state index < -0.39 is 17.5 Å². The molecule has 27 heavy (non-hydrogen) atoms. The predicted molar refractivity (Wildman–Crippen MR) is 93.2 cm³/mol. The summed E-state index contributed by atoms with van der Waals surface area (Å²) in [6.07, 6.45) is -2.27. The first kappa shape index (κ1) is 18.1. The molecule has 4 rings (SSSR count). The van der Waals surface area contributed by atoms with Gasteiger partial charge in [0.2, 0.25) is 5.89 Å². The monoisotopic (exact) mass is 382 g/mol. The molecule has 2 fully saturated rings. The van der Waals surface area contributed by atoms with Crippen LogP contribution in [0.25, 0.3) is 11.5 Å². The Morgan fingerprint density at radius 1 is 1.26 bits per heavy atom. The van der Waals surface area contributed by atoms with Crippen molar-refractivity contribution < 1.29 is 17.6 Å². The minimum absolute atomic E-state index is 0.0175. The van der Waals surface area contributed by atoms with Gasteiger partial charge in [-0.15, -0.1) is 5.10 Å². The number of halogens is 3. The number of hydrogen-bond donors (Lipinski definition) is 3. The highest BCUT2D eigenvalue weighted by Crippen LogP contribution is 2.43. The highest BCUT2D eigenvalue weighted by molar-refractivity contribution is 5.65. The molecule has 146 valence electrons. The number of aromatic nitrogens is 2. The van der Waals surface area contributed by atoms with Crippen LogP contribution in [0.1, 0.15) is 25.3 Å². The first-order valence-corrected chi connectivity index (χ1v) is 9.07. The van der Waals surface area contributed by atoms with Gasteiger partial charge in [0, 0.05) is 17.3 Å². The van der Waals surface area contributed by atoms with E-state index in [0.717, 1.165) is 32.0 Å². The Morgan fingerprint density at radius 2 is 1.96 bits per heavy atom. The molecule has 1 aromatic heterocycles. The van der Waals surface area contributed by atoms with Gasteiger partial charge in [0.05, 0.1) is 5.56 Å². The van der Waals surface area contributed by atoms with Crippen LogP contribution in [0.2, 0.25) is 0 Å². The van der Waals surface area contributed by atoms with Crippen LogP contribution in [0.3, 0.4) is 0 Å². The summed E-state index contributed by atoms with van der Waals surface area (Å²) in [5, 5.41) is 12.3. The second kappa shape index (κ2) is 6.70. The number of aromatic amines is 1. The van der Waals surface area contributed by atoms with Crippen molar-refractivity contribution >= 4 is 5.69 Å². The van der Waals surface area contributed by atoms with Crippen molar-refractivity contribution in [3.8, 4) is 11.5 Å². The molecule has 1 saturated carbocycles. The molecule has 9 heteroatoms. The van der Waals surface area contributed by atoms with Crippen molar-refractivity contribution in [2.45, 2.75) is 32.0 Å². The van der Waals surface area contributed by atoms with E-state index in [-0.39, 0.29) is 17.6 Å². The van der Waals surface area contributed by atoms with Crippen LogP contribution < -0.4 is 16.4 Å². The van der Waals surface area contributed by atoms with Gasteiger partial charge in [0.15, 0.2) is 0 Å². The Balaban J connectivity index is 1.66. The molecule has 1 aliphatic carbocycles. The zero-order valence-corrected chi connectivity index (χ0v) is 14.8. The van der Waals surface area contributed by atoms with Gasteiger partial charge in [-0.1, -0.05) is 0 Å². The van der Waals surface area contributed by atoms with E-state index in [1.165, 1.54) is 12.1 Å². The minimum atomic E-state index is -4.49. The van der Waals surface area contributed by atoms with E-state index in [1.807, 2.05) is 6.92 Å². The lowest BCUT2D eigenvalue weighted by atomic mass is 9.81. The Hall–Kier alpha value is -2.29. The molecule has 0 radical (unpaired) electrons. The van der Waals surface area contributed by atoms with Gasteiger partial charge < -0.3 is 15.1 Å². The number of benzene rings is 1. The molecule has 0 amide bonds. The number of piperidine rings is 1. The number of anilines is 1. The Morgan fingerprint density at radius 3 is 2.56 bits per heavy atom. The van der Waals surface area contributed by atoms with Gasteiger partial charge in [0.25, 0.3) is 0 Å². The Labute approximate surface area is 153 Å². The summed E-state index contributed by atoms with van der Waals surface area (Å²) in [5.74, 6) is 0.506. The van der Waals surface area contributed by atoms with Gasteiger partial charge in [-0.3, -0.25) is 0 Å². The Bertz CT molecular complexity index is 860. The Kier molecular flexibility index (Phi) is 4.49. The summed E-state index contributed by atoms with van der Waals surface area (Å²) in [7, 11) is 0. The van der Waals surface area contributed by atoms with E-state index in [9.17, 15) is 18.0 Å². The van der Waals surface area contributed by atoms with Crippen molar-refractivity contribution in [2.75, 3.05) is 18.4 Å². The lowest BCUT2D eigenvalue weighted by molar-refractivity contribution is -0.137. The van der Waals surface area contributed by atoms with E-state index in [4.69, 9.17) is 4.42 Å². The van der Waals surface area contributed by atoms with Crippen LogP contribution in [-0.4, -0.2) is 29.3 Å². The number of nitrogens with one attached hydrogen (secondary N) is 3. The molecule has 0 spiro atoms. The number of fused-ring (bicyclic) bond motifs is 2. The van der Waals surface area contributed by atoms with Crippen molar-refractivity contribution in [2.24, 2.45) is 17.8 Å². The minimum Gasteiger partial charge on any atom is -0.388 e. The zero-order valence-electron chi connectivity index (χ0n) is 14.8. The van der Waals surface area contributed by atoms with E-state index >= 15 is 0 Å². The fraction of sp³-hybridized carbons (Fsp3) is 0.556. The van der Waals surface area contributed by atoms with Crippen molar-refractivity contribution in [1.29, 1.82) is 0 Å². The molecule has 6 nitrogen and oxygen atoms in total. The lowest BCUT2D eigenvalue weighted by Gasteiger charge is -2.36. The largest absolute Gasteiger partial charge is 0.434 e. The molecule has 2 heterocycles. The molecule has 1 aliphatic heterocycles. The van der Waals surface area contributed by atoms with E-state index in [1.54, 1.807) is 0 Å². The molecule has 0 unspecified atom stereocenters. The van der Waals surface area contributed by atoms with Crippen LogP contribution in [0, 0.1) is 17.8 Å². The highest BCUT2D eigenvalue weighted by Gasteiger charge is 2.42. The SMILES string of the molecule is C[C@H](Nc1cc(-c2n[nH]c(=O)o2)ccc1C(F)(F)F)C1[C@@H]2CC[C@@H]1CNC2. The topological polar surface area (TPSA) is 83.0 Å². The van der Waals surface area contributed by atoms with Gasteiger partial charge >= 0.3 is 11.9 Å². The molecule has 1 aromatic carbocycles. The number of rotatable bonds is 4. The maximum absolute atomic E-state index is 13.5. The van der Waals surface area contributed by atoms with Gasteiger partial charge in [-0.25, -0.2) is 9.89 Å². The van der Waals surface area contributed by atoms with E-state index in [2.05, 4.69) is 20.8 Å². The van der Waals surface area contributed by atoms with E-state index in [0.29, 0.717) is 23.3 Å². The second-order valence-electron chi connectivity index (χ2n) is 7.44. The zero-order chi connectivity index (χ0) is 19.2. The number of hydrogen-bond acceptors (Lipinski definition) is 5. The summed E-state index contributed by atoms with van der Waals surface area (Å²) < 4.78 is 45.4. The van der Waals surface area contributed by atoms with Crippen LogP contribution in [0.15, 0.2) is 27.4 Å². The third-order valence-corrected chi connectivity index (χ3v) is 5.78. The first-order valence-electron chi connectivity index (χ1n) is 9.07. The van der Waals surface area contributed by atoms with Crippen LogP contribution in [0.5, 0.6) is 0 Å². The summed E-state index contributed by atoms with van der Waals surface area (Å²) >= 11 is 0. The van der Waals surface area contributed by atoms with Gasteiger partial charge in [0.1, 0.15) is 0 Å². The summed E-state index contributed by atoms with van der Waals surface area (Å²) in [6.45, 7) is 3.78. The molecular formula is C18H21F3N4O2. The highest BCUT2D eigenvalue weighted by atomic mass is 19.4. The van der Waals surface area contributed by atoms with Gasteiger partial charge in [-0.05, 0) is 68.8 Å².